The molecule has 1 saturated carbocycles. The van der Waals surface area contributed by atoms with Gasteiger partial charge >= 0.3 is 5.97 Å². The number of halogens is 1. The number of carbonyl (C=O) groups excluding carboxylic acids is 2. The normalized spacial score (nSPS) is 21.9. The highest BCUT2D eigenvalue weighted by molar-refractivity contribution is 9.10. The van der Waals surface area contributed by atoms with E-state index in [4.69, 9.17) is 0 Å². The first-order valence-corrected chi connectivity index (χ1v) is 7.43. The Morgan fingerprint density at radius 3 is 2.65 bits per heavy atom. The minimum absolute atomic E-state index is 0.0225. The van der Waals surface area contributed by atoms with E-state index >= 15 is 0 Å². The van der Waals surface area contributed by atoms with Gasteiger partial charge in [0, 0.05) is 16.4 Å². The van der Waals surface area contributed by atoms with E-state index in [2.05, 4.69) is 26.0 Å². The molecule has 0 aromatic heterocycles. The molecule has 5 heteroatoms. The van der Waals surface area contributed by atoms with E-state index in [1.54, 1.807) is 0 Å². The fourth-order valence-corrected chi connectivity index (χ4v) is 2.56. The molecule has 4 nitrogen and oxygen atoms in total. The van der Waals surface area contributed by atoms with Crippen LogP contribution < -0.4 is 5.32 Å². The van der Waals surface area contributed by atoms with Crippen LogP contribution in [-0.4, -0.2) is 25.0 Å². The fraction of sp³-hybridized carbons (Fsp3) is 0.467. The fourth-order valence-electron chi connectivity index (χ4n) is 2.30. The van der Waals surface area contributed by atoms with Gasteiger partial charge in [0.15, 0.2) is 0 Å². The molecular formula is C15H18BrNO3. The van der Waals surface area contributed by atoms with Gasteiger partial charge in [0.25, 0.3) is 0 Å². The number of methoxy groups -OCH3 is 1. The summed E-state index contributed by atoms with van der Waals surface area (Å²) in [6, 6.07) is 7.87. The van der Waals surface area contributed by atoms with Gasteiger partial charge in [0.2, 0.25) is 5.91 Å². The molecule has 108 valence electrons. The summed E-state index contributed by atoms with van der Waals surface area (Å²) in [6.07, 6.45) is 1.08. The smallest absolute Gasteiger partial charge is 0.307 e. The Morgan fingerprint density at radius 1 is 1.40 bits per heavy atom. The van der Waals surface area contributed by atoms with E-state index in [0.717, 1.165) is 10.9 Å². The van der Waals surface area contributed by atoms with Gasteiger partial charge in [-0.3, -0.25) is 9.59 Å². The van der Waals surface area contributed by atoms with Crippen LogP contribution >= 0.6 is 15.9 Å². The summed E-state index contributed by atoms with van der Waals surface area (Å²) < 4.78 is 5.62. The molecule has 1 aromatic rings. The van der Waals surface area contributed by atoms with Crippen molar-refractivity contribution in [2.24, 2.45) is 5.92 Å². The largest absolute Gasteiger partial charge is 0.469 e. The molecule has 1 N–H and O–H groups in total. The third kappa shape index (κ3) is 3.82. The van der Waals surface area contributed by atoms with E-state index in [0.29, 0.717) is 5.92 Å². The first-order chi connectivity index (χ1) is 9.51. The van der Waals surface area contributed by atoms with Gasteiger partial charge < -0.3 is 10.1 Å². The monoisotopic (exact) mass is 339 g/mol. The lowest BCUT2D eigenvalue weighted by atomic mass is 10.1. The number of hydrogen-bond donors (Lipinski definition) is 1. The number of amides is 1. The summed E-state index contributed by atoms with van der Waals surface area (Å²) in [7, 11) is 1.35. The molecule has 0 saturated heterocycles. The lowest BCUT2D eigenvalue weighted by molar-refractivity contribution is -0.141. The summed E-state index contributed by atoms with van der Waals surface area (Å²) in [5, 5.41) is 2.87. The van der Waals surface area contributed by atoms with E-state index in [9.17, 15) is 9.59 Å². The van der Waals surface area contributed by atoms with Gasteiger partial charge in [-0.05, 0) is 37.0 Å². The van der Waals surface area contributed by atoms with Gasteiger partial charge in [-0.15, -0.1) is 0 Å². The molecule has 0 radical (unpaired) electrons. The zero-order valence-electron chi connectivity index (χ0n) is 11.6. The molecule has 1 fully saturated rings. The maximum atomic E-state index is 12.1. The lowest BCUT2D eigenvalue weighted by Crippen LogP contribution is -2.35. The van der Waals surface area contributed by atoms with E-state index in [1.807, 2.05) is 31.2 Å². The molecule has 1 amide bonds. The van der Waals surface area contributed by atoms with Gasteiger partial charge in [-0.25, -0.2) is 0 Å². The lowest BCUT2D eigenvalue weighted by Gasteiger charge is -2.12. The number of hydrogen-bond acceptors (Lipinski definition) is 3. The third-order valence-electron chi connectivity index (χ3n) is 3.51. The van der Waals surface area contributed by atoms with Crippen molar-refractivity contribution in [3.8, 4) is 0 Å². The molecule has 1 aliphatic carbocycles. The van der Waals surface area contributed by atoms with Crippen LogP contribution in [0.25, 0.3) is 0 Å². The van der Waals surface area contributed by atoms with E-state index in [-0.39, 0.29) is 30.3 Å². The van der Waals surface area contributed by atoms with Crippen molar-refractivity contribution in [2.75, 3.05) is 7.11 Å². The first kappa shape index (κ1) is 15.0. The highest BCUT2D eigenvalue weighted by atomic mass is 79.9. The number of nitrogens with one attached hydrogen (secondary N) is 1. The van der Waals surface area contributed by atoms with E-state index in [1.165, 1.54) is 12.7 Å². The van der Waals surface area contributed by atoms with Crippen LogP contribution in [0.15, 0.2) is 28.7 Å². The third-order valence-corrected chi connectivity index (χ3v) is 4.04. The molecular weight excluding hydrogens is 322 g/mol. The summed E-state index contributed by atoms with van der Waals surface area (Å²) in [5.74, 6) is 0.0390. The van der Waals surface area contributed by atoms with Gasteiger partial charge in [-0.1, -0.05) is 28.1 Å². The average molecular weight is 340 g/mol. The van der Waals surface area contributed by atoms with Crippen LogP contribution in [0.5, 0.6) is 0 Å². The topological polar surface area (TPSA) is 55.4 Å². The molecule has 0 spiro atoms. The average Bonchev–Trinajstić information content (AvgIpc) is 3.19. The van der Waals surface area contributed by atoms with Crippen molar-refractivity contribution in [1.82, 2.24) is 5.32 Å². The standard InChI is InChI=1S/C15H18BrNO3/c1-9(7-14(18)20-2)17-15(19)13-8-12(13)10-3-5-11(16)6-4-10/h3-6,9,12-13H,7-8H2,1-2H3,(H,17,19)/t9-,12+,13-/m0/s1. The molecule has 1 aromatic carbocycles. The summed E-state index contributed by atoms with van der Waals surface area (Å²) in [6.45, 7) is 1.81. The predicted octanol–water partition coefficient (Wildman–Crippen LogP) is 2.62. The highest BCUT2D eigenvalue weighted by Gasteiger charge is 2.44. The van der Waals surface area contributed by atoms with Crippen LogP contribution in [0.3, 0.4) is 0 Å². The molecule has 2 rings (SSSR count). The molecule has 0 unspecified atom stereocenters. The first-order valence-electron chi connectivity index (χ1n) is 6.64. The molecule has 0 aliphatic heterocycles. The van der Waals surface area contributed by atoms with Gasteiger partial charge in [0.1, 0.15) is 0 Å². The van der Waals surface area contributed by atoms with Crippen LogP contribution in [0.4, 0.5) is 0 Å². The second-order valence-corrected chi connectivity index (χ2v) is 6.11. The molecule has 20 heavy (non-hydrogen) atoms. The van der Waals surface area contributed by atoms with Crippen LogP contribution in [0.2, 0.25) is 0 Å². The Bertz CT molecular complexity index is 500. The van der Waals surface area contributed by atoms with Crippen molar-refractivity contribution < 1.29 is 14.3 Å². The minimum atomic E-state index is -0.307. The Kier molecular flexibility index (Phi) is 4.81. The predicted molar refractivity (Wildman–Crippen MR) is 79.2 cm³/mol. The van der Waals surface area contributed by atoms with Crippen LogP contribution in [-0.2, 0) is 14.3 Å². The van der Waals surface area contributed by atoms with Crippen LogP contribution in [0.1, 0.15) is 31.2 Å². The van der Waals surface area contributed by atoms with Gasteiger partial charge in [0.05, 0.1) is 13.5 Å². The number of carbonyl (C=O) groups is 2. The SMILES string of the molecule is COC(=O)C[C@H](C)NC(=O)[C@H]1C[C@@H]1c1ccc(Br)cc1. The number of esters is 1. The number of rotatable bonds is 5. The Labute approximate surface area is 127 Å². The number of ether oxygens (including phenoxy) is 1. The van der Waals surface area contributed by atoms with Crippen molar-refractivity contribution >= 4 is 27.8 Å². The second-order valence-electron chi connectivity index (χ2n) is 5.19. The molecule has 0 heterocycles. The molecule has 1 aliphatic rings. The minimum Gasteiger partial charge on any atom is -0.469 e. The Balaban J connectivity index is 1.84. The van der Waals surface area contributed by atoms with Crippen molar-refractivity contribution in [2.45, 2.75) is 31.7 Å². The van der Waals surface area contributed by atoms with Crippen molar-refractivity contribution in [3.63, 3.8) is 0 Å². The van der Waals surface area contributed by atoms with Crippen LogP contribution in [0, 0.1) is 5.92 Å². The summed E-state index contributed by atoms with van der Waals surface area (Å²) >= 11 is 3.40. The summed E-state index contributed by atoms with van der Waals surface area (Å²) in [5.41, 5.74) is 1.19. The zero-order chi connectivity index (χ0) is 14.7. The maximum Gasteiger partial charge on any atom is 0.307 e. The molecule has 3 atom stereocenters. The highest BCUT2D eigenvalue weighted by Crippen LogP contribution is 2.47. The van der Waals surface area contributed by atoms with E-state index < -0.39 is 0 Å². The van der Waals surface area contributed by atoms with Crippen molar-refractivity contribution in [3.05, 3.63) is 34.3 Å². The Hall–Kier alpha value is -1.36. The van der Waals surface area contributed by atoms with Gasteiger partial charge in [-0.2, -0.15) is 0 Å². The molecule has 0 bridgehead atoms. The zero-order valence-corrected chi connectivity index (χ0v) is 13.1. The Morgan fingerprint density at radius 2 is 2.05 bits per heavy atom. The maximum absolute atomic E-state index is 12.1. The van der Waals surface area contributed by atoms with Crippen molar-refractivity contribution in [1.29, 1.82) is 0 Å². The summed E-state index contributed by atoms with van der Waals surface area (Å²) in [4.78, 5) is 23.2. The second kappa shape index (κ2) is 6.39. The number of benzene rings is 1. The quantitative estimate of drug-likeness (QED) is 0.839.